The van der Waals surface area contributed by atoms with E-state index in [0.29, 0.717) is 5.39 Å². The fourth-order valence-corrected chi connectivity index (χ4v) is 1.51. The maximum Gasteiger partial charge on any atom is 0.341 e. The molecule has 0 atom stereocenters. The zero-order valence-corrected chi connectivity index (χ0v) is 8.41. The Kier molecular flexibility index (Phi) is 2.63. The first-order valence-electron chi connectivity index (χ1n) is 4.67. The van der Waals surface area contributed by atoms with Gasteiger partial charge in [-0.15, -0.1) is 0 Å². The highest BCUT2D eigenvalue weighted by Crippen LogP contribution is 2.22. The van der Waals surface area contributed by atoms with Crippen molar-refractivity contribution in [1.82, 2.24) is 4.98 Å². The molecule has 1 heterocycles. The van der Waals surface area contributed by atoms with Crippen molar-refractivity contribution >= 4 is 16.9 Å². The van der Waals surface area contributed by atoms with Crippen molar-refractivity contribution in [2.24, 2.45) is 0 Å². The lowest BCUT2D eigenvalue weighted by Gasteiger charge is -2.03. The van der Waals surface area contributed by atoms with Gasteiger partial charge in [0.1, 0.15) is 5.56 Å². The second-order valence-electron chi connectivity index (χ2n) is 3.46. The molecule has 1 aromatic heterocycles. The van der Waals surface area contributed by atoms with Crippen LogP contribution in [0.15, 0.2) is 29.1 Å². The van der Waals surface area contributed by atoms with E-state index in [0.717, 1.165) is 12.1 Å². The first-order valence-corrected chi connectivity index (χ1v) is 4.67. The number of fused-ring (bicyclic) bond motifs is 1. The Bertz CT molecular complexity index is 649. The second kappa shape index (κ2) is 3.97. The van der Waals surface area contributed by atoms with E-state index in [2.05, 4.69) is 4.98 Å². The number of pyridine rings is 1. The number of alkyl halides is 2. The van der Waals surface area contributed by atoms with Crippen LogP contribution in [0.4, 0.5) is 8.78 Å². The van der Waals surface area contributed by atoms with E-state index in [1.807, 2.05) is 0 Å². The maximum atomic E-state index is 12.4. The topological polar surface area (TPSA) is 70.2 Å². The number of carboxylic acids is 1. The van der Waals surface area contributed by atoms with E-state index in [1.165, 1.54) is 12.1 Å². The Hall–Kier alpha value is -2.24. The predicted octanol–water partition coefficient (Wildman–Crippen LogP) is 2.16. The molecule has 0 radical (unpaired) electrons. The molecule has 2 N–H and O–H groups in total. The standard InChI is InChI=1S/C11H7F2NO3/c12-9(13)6-2-1-5-3-7(11(16)17)10(15)14-8(5)4-6/h1-4,9H,(H,14,15)(H,16,17). The van der Waals surface area contributed by atoms with Crippen molar-refractivity contribution in [3.8, 4) is 0 Å². The summed E-state index contributed by atoms with van der Waals surface area (Å²) in [7, 11) is 0. The van der Waals surface area contributed by atoms with Gasteiger partial charge in [0.25, 0.3) is 12.0 Å². The molecule has 0 bridgehead atoms. The third-order valence-corrected chi connectivity index (χ3v) is 2.35. The van der Waals surface area contributed by atoms with Gasteiger partial charge in [-0.2, -0.15) is 0 Å². The molecule has 0 spiro atoms. The molecule has 2 aromatic rings. The lowest BCUT2D eigenvalue weighted by atomic mass is 10.1. The van der Waals surface area contributed by atoms with Crippen molar-refractivity contribution in [2.75, 3.05) is 0 Å². The third kappa shape index (κ3) is 2.01. The smallest absolute Gasteiger partial charge is 0.341 e. The van der Waals surface area contributed by atoms with Crippen LogP contribution in [0.2, 0.25) is 0 Å². The van der Waals surface area contributed by atoms with Crippen molar-refractivity contribution in [3.63, 3.8) is 0 Å². The fourth-order valence-electron chi connectivity index (χ4n) is 1.51. The maximum absolute atomic E-state index is 12.4. The molecule has 4 nitrogen and oxygen atoms in total. The molecule has 0 unspecified atom stereocenters. The number of rotatable bonds is 2. The molecule has 17 heavy (non-hydrogen) atoms. The molecule has 6 heteroatoms. The number of H-pyrrole nitrogens is 1. The number of benzene rings is 1. The molecular formula is C11H7F2NO3. The number of hydrogen-bond acceptors (Lipinski definition) is 2. The molecule has 0 fully saturated rings. The lowest BCUT2D eigenvalue weighted by Crippen LogP contribution is -2.16. The van der Waals surface area contributed by atoms with Crippen LogP contribution in [0, 0.1) is 0 Å². The first-order chi connectivity index (χ1) is 7.99. The van der Waals surface area contributed by atoms with Gasteiger partial charge >= 0.3 is 5.97 Å². The number of halogens is 2. The zero-order chi connectivity index (χ0) is 12.6. The van der Waals surface area contributed by atoms with Gasteiger partial charge in [-0.1, -0.05) is 12.1 Å². The number of aromatic carboxylic acids is 1. The SMILES string of the molecule is O=C(O)c1cc2ccc(C(F)F)cc2[nH]c1=O. The minimum atomic E-state index is -2.64. The van der Waals surface area contributed by atoms with E-state index >= 15 is 0 Å². The lowest BCUT2D eigenvalue weighted by molar-refractivity contribution is 0.0695. The Morgan fingerprint density at radius 2 is 2.00 bits per heavy atom. The van der Waals surface area contributed by atoms with Gasteiger partial charge in [0.15, 0.2) is 0 Å². The van der Waals surface area contributed by atoms with Gasteiger partial charge < -0.3 is 10.1 Å². The summed E-state index contributed by atoms with van der Waals surface area (Å²) in [6.45, 7) is 0. The molecule has 88 valence electrons. The summed E-state index contributed by atoms with van der Waals surface area (Å²) in [5, 5.41) is 9.12. The molecule has 0 saturated heterocycles. The van der Waals surface area contributed by atoms with Gasteiger partial charge in [0.2, 0.25) is 0 Å². The predicted molar refractivity (Wildman–Crippen MR) is 56.5 cm³/mol. The minimum Gasteiger partial charge on any atom is -0.477 e. The quantitative estimate of drug-likeness (QED) is 0.843. The Morgan fingerprint density at radius 1 is 1.29 bits per heavy atom. The van der Waals surface area contributed by atoms with Crippen LogP contribution < -0.4 is 5.56 Å². The van der Waals surface area contributed by atoms with Crippen molar-refractivity contribution < 1.29 is 18.7 Å². The van der Waals surface area contributed by atoms with Crippen LogP contribution in [0.3, 0.4) is 0 Å². The molecule has 1 aromatic carbocycles. The average molecular weight is 239 g/mol. The first kappa shape index (κ1) is 11.3. The second-order valence-corrected chi connectivity index (χ2v) is 3.46. The molecular weight excluding hydrogens is 232 g/mol. The summed E-state index contributed by atoms with van der Waals surface area (Å²) in [5.41, 5.74) is -1.26. The molecule has 0 amide bonds. The normalized spacial score (nSPS) is 11.0. The number of carbonyl (C=O) groups is 1. The van der Waals surface area contributed by atoms with Crippen molar-refractivity contribution in [1.29, 1.82) is 0 Å². The van der Waals surface area contributed by atoms with Crippen LogP contribution in [0.25, 0.3) is 10.9 Å². The summed E-state index contributed by atoms with van der Waals surface area (Å²) in [5.74, 6) is -1.36. The number of hydrogen-bond donors (Lipinski definition) is 2. The number of aromatic nitrogens is 1. The summed E-state index contributed by atoms with van der Waals surface area (Å²) in [6.07, 6.45) is -2.64. The molecule has 0 aliphatic carbocycles. The summed E-state index contributed by atoms with van der Waals surface area (Å²) in [6, 6.07) is 4.83. The zero-order valence-electron chi connectivity index (χ0n) is 8.41. The Morgan fingerprint density at radius 3 is 2.59 bits per heavy atom. The van der Waals surface area contributed by atoms with E-state index in [-0.39, 0.29) is 11.1 Å². The van der Waals surface area contributed by atoms with Crippen molar-refractivity contribution in [2.45, 2.75) is 6.43 Å². The van der Waals surface area contributed by atoms with Crippen LogP contribution in [0.1, 0.15) is 22.3 Å². The van der Waals surface area contributed by atoms with E-state index in [4.69, 9.17) is 5.11 Å². The monoisotopic (exact) mass is 239 g/mol. The average Bonchev–Trinajstić information content (AvgIpc) is 2.26. The van der Waals surface area contributed by atoms with E-state index in [9.17, 15) is 18.4 Å². The van der Waals surface area contributed by atoms with Crippen molar-refractivity contribution in [3.05, 3.63) is 45.7 Å². The molecule has 2 rings (SSSR count). The van der Waals surface area contributed by atoms with Crippen LogP contribution in [-0.2, 0) is 0 Å². The number of carboxylic acid groups (broad SMARTS) is 1. The summed E-state index contributed by atoms with van der Waals surface area (Å²) >= 11 is 0. The van der Waals surface area contributed by atoms with Crippen LogP contribution in [-0.4, -0.2) is 16.1 Å². The van der Waals surface area contributed by atoms with Gasteiger partial charge in [-0.3, -0.25) is 4.79 Å². The Labute approximate surface area is 93.5 Å². The largest absolute Gasteiger partial charge is 0.477 e. The van der Waals surface area contributed by atoms with E-state index < -0.39 is 23.5 Å². The van der Waals surface area contributed by atoms with Gasteiger partial charge in [-0.05, 0) is 17.5 Å². The number of aromatic amines is 1. The Balaban J connectivity index is 2.70. The highest BCUT2D eigenvalue weighted by Gasteiger charge is 2.12. The third-order valence-electron chi connectivity index (χ3n) is 2.35. The molecule has 0 saturated carbocycles. The van der Waals surface area contributed by atoms with Gasteiger partial charge in [0.05, 0.1) is 0 Å². The summed E-state index contributed by atoms with van der Waals surface area (Å²) < 4.78 is 24.8. The highest BCUT2D eigenvalue weighted by atomic mass is 19.3. The summed E-state index contributed by atoms with van der Waals surface area (Å²) in [4.78, 5) is 24.3. The highest BCUT2D eigenvalue weighted by molar-refractivity contribution is 5.92. The minimum absolute atomic E-state index is 0.192. The van der Waals surface area contributed by atoms with Gasteiger partial charge in [-0.25, -0.2) is 13.6 Å². The van der Waals surface area contributed by atoms with Crippen LogP contribution >= 0.6 is 0 Å². The fraction of sp³-hybridized carbons (Fsp3) is 0.0909. The molecule has 0 aliphatic heterocycles. The van der Waals surface area contributed by atoms with Crippen LogP contribution in [0.5, 0.6) is 0 Å². The van der Waals surface area contributed by atoms with E-state index in [1.54, 1.807) is 0 Å². The molecule has 0 aliphatic rings. The van der Waals surface area contributed by atoms with Gasteiger partial charge in [0, 0.05) is 11.1 Å². The number of nitrogens with one attached hydrogen (secondary N) is 1.